The van der Waals surface area contributed by atoms with Crippen LogP contribution in [-0.2, 0) is 4.79 Å². The average Bonchev–Trinajstić information content (AvgIpc) is 3.04. The van der Waals surface area contributed by atoms with E-state index in [1.54, 1.807) is 6.92 Å². The summed E-state index contributed by atoms with van der Waals surface area (Å²) in [5, 5.41) is 16.6. The molecule has 4 aromatic rings. The molecule has 0 aliphatic rings. The van der Waals surface area contributed by atoms with Gasteiger partial charge in [-0.25, -0.2) is 27.8 Å². The molecule has 0 aliphatic carbocycles. The first-order valence-corrected chi connectivity index (χ1v) is 8.95. The second kappa shape index (κ2) is 7.69. The Bertz CT molecular complexity index is 1300. The molecule has 1 atom stereocenters. The van der Waals surface area contributed by atoms with Crippen LogP contribution in [0, 0.1) is 24.4 Å². The molecule has 0 spiro atoms. The van der Waals surface area contributed by atoms with Crippen LogP contribution in [-0.4, -0.2) is 30.8 Å². The number of aryl methyl sites for hydroxylation is 1. The second-order valence-corrected chi connectivity index (χ2v) is 6.71. The molecule has 2 heterocycles. The van der Waals surface area contributed by atoms with Gasteiger partial charge in [-0.05, 0) is 42.8 Å². The number of fused-ring (bicyclic) bond motifs is 1. The predicted molar refractivity (Wildman–Crippen MR) is 106 cm³/mol. The lowest BCUT2D eigenvalue weighted by atomic mass is 10.1. The highest BCUT2D eigenvalue weighted by atomic mass is 19.1. The Labute approximate surface area is 173 Å². The molecular weight excluding hydrogens is 413 g/mol. The zero-order valence-corrected chi connectivity index (χ0v) is 16.0. The number of carbonyl (C=O) groups is 1. The molecule has 0 unspecified atom stereocenters. The van der Waals surface area contributed by atoms with Crippen molar-refractivity contribution in [2.45, 2.75) is 13.0 Å². The van der Waals surface area contributed by atoms with Crippen LogP contribution in [0.1, 0.15) is 17.4 Å². The van der Waals surface area contributed by atoms with E-state index in [2.05, 4.69) is 20.4 Å². The normalized spacial score (nSPS) is 12.2. The minimum absolute atomic E-state index is 0.0135. The van der Waals surface area contributed by atoms with Crippen molar-refractivity contribution in [3.05, 3.63) is 71.4 Å². The molecule has 0 fully saturated rings. The van der Waals surface area contributed by atoms with Gasteiger partial charge in [0.15, 0.2) is 17.7 Å². The molecule has 158 valence electrons. The van der Waals surface area contributed by atoms with Crippen molar-refractivity contribution in [2.75, 3.05) is 11.1 Å². The van der Waals surface area contributed by atoms with Gasteiger partial charge in [0.2, 0.25) is 0 Å². The van der Waals surface area contributed by atoms with Crippen LogP contribution < -0.4 is 11.1 Å². The van der Waals surface area contributed by atoms with E-state index in [0.717, 1.165) is 18.2 Å². The highest BCUT2D eigenvalue weighted by Gasteiger charge is 2.21. The van der Waals surface area contributed by atoms with Gasteiger partial charge < -0.3 is 16.2 Å². The number of benzene rings is 2. The monoisotopic (exact) mass is 428 g/mol. The first kappa shape index (κ1) is 20.3. The maximum absolute atomic E-state index is 14.8. The van der Waals surface area contributed by atoms with E-state index in [0.29, 0.717) is 22.8 Å². The van der Waals surface area contributed by atoms with Crippen LogP contribution in [0.25, 0.3) is 16.7 Å². The molecule has 4 N–H and O–H groups in total. The van der Waals surface area contributed by atoms with Crippen LogP contribution in [0.2, 0.25) is 0 Å². The number of aromatic nitrogens is 4. The number of amides is 1. The van der Waals surface area contributed by atoms with E-state index < -0.39 is 29.5 Å². The Morgan fingerprint density at radius 1 is 1.13 bits per heavy atom. The molecule has 2 aromatic carbocycles. The predicted octanol–water partition coefficient (Wildman–Crippen LogP) is 2.80. The van der Waals surface area contributed by atoms with Crippen LogP contribution in [0.4, 0.5) is 24.7 Å². The van der Waals surface area contributed by atoms with E-state index in [1.165, 1.54) is 23.1 Å². The summed E-state index contributed by atoms with van der Waals surface area (Å²) in [6.45, 7) is 1.69. The molecule has 0 saturated carbocycles. The van der Waals surface area contributed by atoms with Crippen molar-refractivity contribution in [2.24, 2.45) is 0 Å². The minimum atomic E-state index is -1.86. The van der Waals surface area contributed by atoms with E-state index in [1.807, 2.05) is 0 Å². The molecule has 0 aliphatic heterocycles. The molecule has 0 bridgehead atoms. The maximum atomic E-state index is 14.8. The van der Waals surface area contributed by atoms with Crippen molar-refractivity contribution in [3.8, 4) is 5.69 Å². The molecule has 0 radical (unpaired) electrons. The van der Waals surface area contributed by atoms with Gasteiger partial charge in [0.25, 0.3) is 5.91 Å². The number of nitrogens with one attached hydrogen (secondary N) is 1. The van der Waals surface area contributed by atoms with Crippen LogP contribution >= 0.6 is 0 Å². The maximum Gasteiger partial charge on any atom is 0.257 e. The van der Waals surface area contributed by atoms with Crippen LogP contribution in [0.5, 0.6) is 0 Å². The van der Waals surface area contributed by atoms with Crippen molar-refractivity contribution >= 4 is 28.4 Å². The van der Waals surface area contributed by atoms with E-state index in [-0.39, 0.29) is 22.8 Å². The molecule has 0 saturated heterocycles. The van der Waals surface area contributed by atoms with Crippen molar-refractivity contribution in [3.63, 3.8) is 0 Å². The Morgan fingerprint density at radius 2 is 1.84 bits per heavy atom. The third kappa shape index (κ3) is 3.78. The third-order valence-corrected chi connectivity index (χ3v) is 4.55. The molecule has 2 aromatic heterocycles. The van der Waals surface area contributed by atoms with Crippen molar-refractivity contribution in [1.82, 2.24) is 19.7 Å². The molecular formula is C20H15F3N6O2. The highest BCUT2D eigenvalue weighted by molar-refractivity contribution is 5.95. The Morgan fingerprint density at radius 3 is 2.52 bits per heavy atom. The molecule has 31 heavy (non-hydrogen) atoms. The zero-order valence-electron chi connectivity index (χ0n) is 16.0. The van der Waals surface area contributed by atoms with E-state index >= 15 is 0 Å². The van der Waals surface area contributed by atoms with Crippen molar-refractivity contribution in [1.29, 1.82) is 0 Å². The number of hydrogen-bond donors (Lipinski definition) is 3. The van der Waals surface area contributed by atoms with Gasteiger partial charge in [0, 0.05) is 11.8 Å². The number of hydrogen-bond acceptors (Lipinski definition) is 6. The van der Waals surface area contributed by atoms with E-state index in [9.17, 15) is 23.1 Å². The summed E-state index contributed by atoms with van der Waals surface area (Å²) in [7, 11) is 0. The van der Waals surface area contributed by atoms with Gasteiger partial charge >= 0.3 is 0 Å². The van der Waals surface area contributed by atoms with Crippen LogP contribution in [0.15, 0.2) is 42.7 Å². The molecule has 8 nitrogen and oxygen atoms in total. The largest absolute Gasteiger partial charge is 0.382 e. The number of anilines is 2. The average molecular weight is 428 g/mol. The van der Waals surface area contributed by atoms with Crippen LogP contribution in [0.3, 0.4) is 0 Å². The summed E-state index contributed by atoms with van der Waals surface area (Å²) < 4.78 is 42.7. The molecule has 1 amide bonds. The number of carbonyl (C=O) groups excluding carboxylic acids is 1. The van der Waals surface area contributed by atoms with E-state index in [4.69, 9.17) is 5.73 Å². The summed E-state index contributed by atoms with van der Waals surface area (Å²) in [6, 6.07) is 5.99. The summed E-state index contributed by atoms with van der Waals surface area (Å²) in [5.74, 6) is -3.51. The number of halogens is 3. The van der Waals surface area contributed by atoms with Gasteiger partial charge in [0.05, 0.1) is 5.69 Å². The number of nitrogens with two attached hydrogens (primary N) is 1. The SMILES string of the molecule is Cc1nn(-c2ccc(NC(=O)[C@H](O)c3cc(F)cc(F)c3)cc2F)c2c(N)ncnc12. The summed E-state index contributed by atoms with van der Waals surface area (Å²) in [6.07, 6.45) is -0.579. The summed E-state index contributed by atoms with van der Waals surface area (Å²) >= 11 is 0. The fourth-order valence-corrected chi connectivity index (χ4v) is 3.14. The lowest BCUT2D eigenvalue weighted by Crippen LogP contribution is -2.21. The lowest BCUT2D eigenvalue weighted by Gasteiger charge is -2.13. The number of rotatable bonds is 4. The Hall–Kier alpha value is -3.99. The molecule has 11 heteroatoms. The number of nitrogen functional groups attached to an aromatic ring is 1. The number of aliphatic hydroxyl groups excluding tert-OH is 1. The Kier molecular flexibility index (Phi) is 5.03. The van der Waals surface area contributed by atoms with Gasteiger partial charge in [-0.2, -0.15) is 5.10 Å². The second-order valence-electron chi connectivity index (χ2n) is 6.71. The quantitative estimate of drug-likeness (QED) is 0.460. The standard InChI is InChI=1S/C20H15F3N6O2/c1-9-16-17(19(24)26-8-25-16)29(28-9)15-3-2-13(7-14(15)23)27-20(31)18(30)10-4-11(21)6-12(22)5-10/h2-8,18,30H,1H3,(H,27,31)(H2,24,25,26)/t18-/m1/s1. The lowest BCUT2D eigenvalue weighted by molar-refractivity contribution is -0.124. The van der Waals surface area contributed by atoms with Gasteiger partial charge in [-0.1, -0.05) is 0 Å². The summed E-state index contributed by atoms with van der Waals surface area (Å²) in [4.78, 5) is 20.2. The topological polar surface area (TPSA) is 119 Å². The van der Waals surface area contributed by atoms with Gasteiger partial charge in [-0.15, -0.1) is 0 Å². The van der Waals surface area contributed by atoms with Crippen molar-refractivity contribution < 1.29 is 23.1 Å². The first-order chi connectivity index (χ1) is 14.7. The number of nitrogens with zero attached hydrogens (tertiary/aromatic N) is 4. The molecule has 4 rings (SSSR count). The van der Waals surface area contributed by atoms with Gasteiger partial charge in [0.1, 0.15) is 34.7 Å². The van der Waals surface area contributed by atoms with Gasteiger partial charge in [-0.3, -0.25) is 4.79 Å². The first-order valence-electron chi connectivity index (χ1n) is 8.95. The summed E-state index contributed by atoms with van der Waals surface area (Å²) in [5.41, 5.74) is 6.98. The number of aliphatic hydroxyl groups is 1. The zero-order chi connectivity index (χ0) is 22.3. The fraction of sp³-hybridized carbons (Fsp3) is 0.100. The smallest absolute Gasteiger partial charge is 0.257 e. The minimum Gasteiger partial charge on any atom is -0.382 e. The Balaban J connectivity index is 1.62. The third-order valence-electron chi connectivity index (χ3n) is 4.55. The fourth-order valence-electron chi connectivity index (χ4n) is 3.14. The highest BCUT2D eigenvalue weighted by Crippen LogP contribution is 2.26.